The molecule has 2 N–H and O–H groups in total. The van der Waals surface area contributed by atoms with Gasteiger partial charge in [-0.05, 0) is 31.5 Å². The van der Waals surface area contributed by atoms with E-state index in [0.717, 1.165) is 11.2 Å². The predicted molar refractivity (Wildman–Crippen MR) is 110 cm³/mol. The van der Waals surface area contributed by atoms with Gasteiger partial charge in [-0.3, -0.25) is 4.98 Å². The number of aromatic nitrogens is 3. The number of nitrogens with zero attached hydrogens (tertiary/aromatic N) is 6. The summed E-state index contributed by atoms with van der Waals surface area (Å²) in [4.78, 5) is 18.1. The van der Waals surface area contributed by atoms with E-state index in [9.17, 15) is 4.39 Å². The molecule has 0 unspecified atom stereocenters. The number of rotatable bonds is 3. The molecular weight excluding hydrogens is 369 g/mol. The van der Waals surface area contributed by atoms with E-state index in [1.54, 1.807) is 24.4 Å². The number of piperidine rings is 1. The first-order chi connectivity index (χ1) is 14.0. The average Bonchev–Trinajstić information content (AvgIpc) is 3.13. The third kappa shape index (κ3) is 3.39. The highest BCUT2D eigenvalue weighted by Gasteiger charge is 2.30. The number of anilines is 1. The molecule has 0 spiro atoms. The lowest BCUT2D eigenvalue weighted by Gasteiger charge is -2.34. The molecule has 3 atom stereocenters. The molecule has 0 amide bonds. The lowest BCUT2D eigenvalue weighted by Crippen LogP contribution is -2.50. The Morgan fingerprint density at radius 3 is 2.62 bits per heavy atom. The molecule has 3 aromatic rings. The molecule has 0 bridgehead atoms. The number of fused-ring (bicyclic) bond motifs is 1. The van der Waals surface area contributed by atoms with Gasteiger partial charge in [0.1, 0.15) is 6.17 Å². The summed E-state index contributed by atoms with van der Waals surface area (Å²) in [6.45, 7) is 17.3. The molecule has 1 aliphatic rings. The van der Waals surface area contributed by atoms with Gasteiger partial charge in [0.05, 0.1) is 42.0 Å². The summed E-state index contributed by atoms with van der Waals surface area (Å²) in [7, 11) is 0. The maximum atomic E-state index is 13.9. The van der Waals surface area contributed by atoms with Gasteiger partial charge in [0.2, 0.25) is 11.6 Å². The summed E-state index contributed by atoms with van der Waals surface area (Å²) >= 11 is 0. The van der Waals surface area contributed by atoms with Crippen molar-refractivity contribution in [3.05, 3.63) is 65.1 Å². The fourth-order valence-electron chi connectivity index (χ4n) is 3.73. The number of hydrogen-bond donors (Lipinski definition) is 1. The predicted octanol–water partition coefficient (Wildman–Crippen LogP) is 4.02. The van der Waals surface area contributed by atoms with Crippen LogP contribution in [-0.4, -0.2) is 39.8 Å². The first kappa shape index (κ1) is 18.9. The Morgan fingerprint density at radius 2 is 1.97 bits per heavy atom. The van der Waals surface area contributed by atoms with Gasteiger partial charge in [-0.25, -0.2) is 19.1 Å². The van der Waals surface area contributed by atoms with Crippen molar-refractivity contribution in [2.24, 2.45) is 5.73 Å². The fourth-order valence-corrected chi connectivity index (χ4v) is 3.73. The Morgan fingerprint density at radius 1 is 1.21 bits per heavy atom. The molecule has 3 heterocycles. The minimum Gasteiger partial charge on any atom is -0.340 e. The van der Waals surface area contributed by atoms with E-state index >= 15 is 0 Å². The van der Waals surface area contributed by atoms with Crippen molar-refractivity contribution in [2.75, 3.05) is 18.0 Å². The van der Waals surface area contributed by atoms with Crippen molar-refractivity contribution >= 4 is 28.4 Å². The number of pyridine rings is 1. The van der Waals surface area contributed by atoms with Crippen LogP contribution in [0.25, 0.3) is 20.7 Å². The van der Waals surface area contributed by atoms with E-state index in [1.165, 1.54) is 0 Å². The smallest absolute Gasteiger partial charge is 0.207 e. The minimum absolute atomic E-state index is 0.173. The van der Waals surface area contributed by atoms with Crippen LogP contribution >= 0.6 is 0 Å². The number of alkyl halides is 1. The van der Waals surface area contributed by atoms with E-state index in [-0.39, 0.29) is 6.04 Å². The number of imidazole rings is 1. The van der Waals surface area contributed by atoms with Crippen molar-refractivity contribution in [3.63, 3.8) is 0 Å². The van der Waals surface area contributed by atoms with Crippen molar-refractivity contribution in [1.82, 2.24) is 14.5 Å². The second-order valence-corrected chi connectivity index (χ2v) is 7.21. The Bertz CT molecular complexity index is 1120. The molecule has 1 aliphatic heterocycles. The van der Waals surface area contributed by atoms with Crippen LogP contribution in [0.5, 0.6) is 0 Å². The zero-order valence-corrected chi connectivity index (χ0v) is 16.0. The average molecular weight is 389 g/mol. The van der Waals surface area contributed by atoms with Crippen LogP contribution in [-0.2, 0) is 0 Å². The van der Waals surface area contributed by atoms with E-state index in [2.05, 4.69) is 14.7 Å². The van der Waals surface area contributed by atoms with Crippen molar-refractivity contribution in [1.29, 1.82) is 0 Å². The van der Waals surface area contributed by atoms with Crippen LogP contribution < -0.4 is 10.6 Å². The molecule has 29 heavy (non-hydrogen) atoms. The summed E-state index contributed by atoms with van der Waals surface area (Å²) in [6, 6.07) is 8.23. The molecule has 1 fully saturated rings. The summed E-state index contributed by atoms with van der Waals surface area (Å²) < 4.78 is 16.0. The lowest BCUT2D eigenvalue weighted by molar-refractivity contribution is 0.243. The Kier molecular flexibility index (Phi) is 4.87. The molecule has 4 rings (SSSR count). The fraction of sp³-hybridized carbons (Fsp3) is 0.333. The quantitative estimate of drug-likeness (QED) is 0.687. The largest absolute Gasteiger partial charge is 0.340 e. The van der Waals surface area contributed by atoms with Crippen LogP contribution in [0.2, 0.25) is 0 Å². The SMILES string of the molecule is [C-]#[N+]c1ccc([C@H](C)n2c(N3CC[C@@H](F)[C@H](N)C3)nc3cc([N+]#[C-])ccc32)nc1. The molecule has 7 nitrogen and oxygen atoms in total. The van der Waals surface area contributed by atoms with Crippen molar-refractivity contribution in [3.8, 4) is 0 Å². The van der Waals surface area contributed by atoms with Gasteiger partial charge >= 0.3 is 0 Å². The Hall–Kier alpha value is -3.49. The molecule has 8 heteroatoms. The number of benzene rings is 1. The summed E-state index contributed by atoms with van der Waals surface area (Å²) in [5.41, 5.74) is 9.34. The monoisotopic (exact) mass is 389 g/mol. The molecule has 0 saturated carbocycles. The van der Waals surface area contributed by atoms with E-state index < -0.39 is 12.2 Å². The van der Waals surface area contributed by atoms with Crippen LogP contribution in [0.3, 0.4) is 0 Å². The summed E-state index contributed by atoms with van der Waals surface area (Å²) in [6.07, 6.45) is 0.890. The van der Waals surface area contributed by atoms with Crippen molar-refractivity contribution in [2.45, 2.75) is 31.6 Å². The number of hydrogen-bond acceptors (Lipinski definition) is 4. The van der Waals surface area contributed by atoms with Gasteiger partial charge in [-0.1, -0.05) is 12.1 Å². The van der Waals surface area contributed by atoms with E-state index in [1.807, 2.05) is 28.5 Å². The van der Waals surface area contributed by atoms with E-state index in [4.69, 9.17) is 23.9 Å². The van der Waals surface area contributed by atoms with Crippen LogP contribution in [0, 0.1) is 13.1 Å². The molecule has 0 radical (unpaired) electrons. The Balaban J connectivity index is 1.83. The molecule has 1 aromatic carbocycles. The third-order valence-electron chi connectivity index (χ3n) is 5.35. The first-order valence-electron chi connectivity index (χ1n) is 9.39. The van der Waals surface area contributed by atoms with E-state index in [0.29, 0.717) is 42.4 Å². The van der Waals surface area contributed by atoms with Gasteiger partial charge < -0.3 is 15.2 Å². The highest BCUT2D eigenvalue weighted by atomic mass is 19.1. The van der Waals surface area contributed by atoms with Crippen molar-refractivity contribution < 1.29 is 4.39 Å². The Labute approximate surface area is 168 Å². The van der Waals surface area contributed by atoms with Crippen LogP contribution in [0.1, 0.15) is 25.1 Å². The standard InChI is InChI=1S/C21H20FN7/c1-13(18-6-4-15(25-3)11-26-18)29-20-7-5-14(24-2)10-19(20)27-21(29)28-9-8-16(22)17(23)12-28/h4-7,10-11,13,16-17H,8-9,12,23H2,1H3/t13-,16+,17+/m0/s1. The first-order valence-corrected chi connectivity index (χ1v) is 9.39. The summed E-state index contributed by atoms with van der Waals surface area (Å²) in [5.74, 6) is 0.688. The van der Waals surface area contributed by atoms with Crippen LogP contribution in [0.4, 0.5) is 21.7 Å². The third-order valence-corrected chi connectivity index (χ3v) is 5.35. The zero-order chi connectivity index (χ0) is 20.5. The van der Waals surface area contributed by atoms with Gasteiger partial charge in [0, 0.05) is 19.3 Å². The zero-order valence-electron chi connectivity index (χ0n) is 16.0. The number of nitrogens with two attached hydrogens (primary N) is 1. The molecule has 0 aliphatic carbocycles. The van der Waals surface area contributed by atoms with Gasteiger partial charge in [-0.15, -0.1) is 0 Å². The number of halogens is 1. The highest BCUT2D eigenvalue weighted by Crippen LogP contribution is 2.33. The van der Waals surface area contributed by atoms with Gasteiger partial charge in [0.25, 0.3) is 0 Å². The van der Waals surface area contributed by atoms with Gasteiger partial charge in [-0.2, -0.15) is 0 Å². The second kappa shape index (κ2) is 7.50. The minimum atomic E-state index is -1.02. The molecule has 1 saturated heterocycles. The topological polar surface area (TPSA) is 68.7 Å². The lowest BCUT2D eigenvalue weighted by atomic mass is 10.1. The molecule has 146 valence electrons. The second-order valence-electron chi connectivity index (χ2n) is 7.21. The summed E-state index contributed by atoms with van der Waals surface area (Å²) in [5, 5.41) is 0. The van der Waals surface area contributed by atoms with Gasteiger partial charge in [0.15, 0.2) is 5.69 Å². The molecular formula is C21H20FN7. The maximum absolute atomic E-state index is 13.9. The highest BCUT2D eigenvalue weighted by molar-refractivity contribution is 5.83. The van der Waals surface area contributed by atoms with Crippen LogP contribution in [0.15, 0.2) is 36.5 Å². The molecule has 2 aromatic heterocycles. The maximum Gasteiger partial charge on any atom is 0.207 e. The normalized spacial score (nSPS) is 20.2.